The lowest BCUT2D eigenvalue weighted by atomic mass is 9.77. The molecule has 1 nitrogen and oxygen atoms in total. The molecule has 256 valence electrons. The van der Waals surface area contributed by atoms with E-state index in [2.05, 4.69) is 62.4 Å². The zero-order chi connectivity index (χ0) is 32.2. The molecule has 0 atom stereocenters. The van der Waals surface area contributed by atoms with Gasteiger partial charge in [-0.3, -0.25) is 4.79 Å². The molecule has 0 unspecified atom stereocenters. The Balaban J connectivity index is 0.930. The van der Waals surface area contributed by atoms with Gasteiger partial charge in [0.15, 0.2) is 0 Å². The lowest BCUT2D eigenvalue weighted by Crippen LogP contribution is -2.13. The molecule has 4 rings (SSSR count). The molecule has 2 fully saturated rings. The molecule has 0 saturated heterocycles. The third-order valence-electron chi connectivity index (χ3n) is 11.8. The summed E-state index contributed by atoms with van der Waals surface area (Å²) in [5.74, 6) is 4.07. The van der Waals surface area contributed by atoms with Gasteiger partial charge in [0.1, 0.15) is 5.78 Å². The largest absolute Gasteiger partial charge is 0.300 e. The average molecular weight is 627 g/mol. The Morgan fingerprint density at radius 1 is 0.478 bits per heavy atom. The Morgan fingerprint density at radius 3 is 1.20 bits per heavy atom. The van der Waals surface area contributed by atoms with Crippen LogP contribution in [0.5, 0.6) is 0 Å². The summed E-state index contributed by atoms with van der Waals surface area (Å²) >= 11 is 0. The lowest BCUT2D eigenvalue weighted by molar-refractivity contribution is -0.119. The van der Waals surface area contributed by atoms with Crippen LogP contribution in [0.1, 0.15) is 202 Å². The fraction of sp³-hybridized carbons (Fsp3) is 0.711. The van der Waals surface area contributed by atoms with Crippen LogP contribution in [-0.4, -0.2) is 5.78 Å². The van der Waals surface area contributed by atoms with Crippen LogP contribution in [0, 0.1) is 11.8 Å². The Kier molecular flexibility index (Phi) is 17.6. The first-order valence-corrected chi connectivity index (χ1v) is 20.3. The normalized spacial score (nSPS) is 21.8. The van der Waals surface area contributed by atoms with Crippen LogP contribution < -0.4 is 0 Å². The maximum atomic E-state index is 12.4. The molecule has 0 bridgehead atoms. The van der Waals surface area contributed by atoms with Gasteiger partial charge in [-0.1, -0.05) is 127 Å². The Hall–Kier alpha value is -1.89. The quantitative estimate of drug-likeness (QED) is 0.119. The molecule has 0 heterocycles. The van der Waals surface area contributed by atoms with Crippen LogP contribution in [0.25, 0.3) is 0 Å². The highest BCUT2D eigenvalue weighted by Crippen LogP contribution is 2.38. The number of unbranched alkanes of at least 4 members (excludes halogenated alkanes) is 8. The Morgan fingerprint density at radius 2 is 0.826 bits per heavy atom. The maximum Gasteiger partial charge on any atom is 0.132 e. The van der Waals surface area contributed by atoms with E-state index < -0.39 is 0 Å². The van der Waals surface area contributed by atoms with Gasteiger partial charge >= 0.3 is 0 Å². The van der Waals surface area contributed by atoms with Crippen molar-refractivity contribution in [1.29, 1.82) is 0 Å². The molecule has 0 spiro atoms. The monoisotopic (exact) mass is 627 g/mol. The van der Waals surface area contributed by atoms with Crippen molar-refractivity contribution in [3.8, 4) is 0 Å². The first-order valence-electron chi connectivity index (χ1n) is 20.3. The fourth-order valence-electron chi connectivity index (χ4n) is 8.79. The highest BCUT2D eigenvalue weighted by atomic mass is 16.1. The van der Waals surface area contributed by atoms with E-state index in [0.717, 1.165) is 49.4 Å². The van der Waals surface area contributed by atoms with Gasteiger partial charge in [-0.2, -0.15) is 0 Å². The summed E-state index contributed by atoms with van der Waals surface area (Å²) in [6.07, 6.45) is 33.2. The molecule has 2 aromatic rings. The lowest BCUT2D eigenvalue weighted by Gasteiger charge is -2.28. The molecule has 0 aliphatic heterocycles. The van der Waals surface area contributed by atoms with E-state index in [-0.39, 0.29) is 0 Å². The number of benzene rings is 2. The van der Waals surface area contributed by atoms with Crippen molar-refractivity contribution >= 4 is 5.78 Å². The summed E-state index contributed by atoms with van der Waals surface area (Å²) < 4.78 is 0. The predicted octanol–water partition coefficient (Wildman–Crippen LogP) is 13.9. The highest BCUT2D eigenvalue weighted by molar-refractivity contribution is 5.78. The van der Waals surface area contributed by atoms with Crippen molar-refractivity contribution in [2.75, 3.05) is 0 Å². The standard InChI is InChI=1S/C45H70O/c1-3-15-37-21-29-41(30-22-37)43-33-25-39(26-34-43)17-11-7-5-9-13-19-45(46)20-14-10-6-8-12-18-40-27-35-44(36-28-40)42-31-23-38(16-4-2)24-32-42/h25-28,33-38,41-42H,3-24,29-32H2,1-2H3. The molecule has 2 aliphatic rings. The van der Waals surface area contributed by atoms with Crippen molar-refractivity contribution in [3.05, 3.63) is 70.8 Å². The average Bonchev–Trinajstić information content (AvgIpc) is 3.09. The third kappa shape index (κ3) is 13.7. The number of hydrogen-bond donors (Lipinski definition) is 0. The van der Waals surface area contributed by atoms with E-state index in [1.165, 1.54) is 152 Å². The minimum Gasteiger partial charge on any atom is -0.300 e. The number of aryl methyl sites for hydroxylation is 2. The SMILES string of the molecule is CCCC1CCC(c2ccc(CCCCCCCC(=O)CCCCCCCc3ccc(C4CCC(CCC)CC4)cc3)cc2)CC1. The van der Waals surface area contributed by atoms with Crippen LogP contribution in [0.3, 0.4) is 0 Å². The second-order valence-electron chi connectivity index (χ2n) is 15.6. The number of carbonyl (C=O) groups excluding carboxylic acids is 1. The number of Topliss-reactive ketones (excluding diaryl/α,β-unsaturated/α-hetero) is 1. The minimum atomic E-state index is 0.498. The van der Waals surface area contributed by atoms with Gasteiger partial charge in [0, 0.05) is 12.8 Å². The van der Waals surface area contributed by atoms with Gasteiger partial charge in [-0.05, 0) is 136 Å². The van der Waals surface area contributed by atoms with Gasteiger partial charge in [0.25, 0.3) is 0 Å². The molecule has 0 amide bonds. The van der Waals surface area contributed by atoms with Crippen molar-refractivity contribution < 1.29 is 4.79 Å². The second-order valence-corrected chi connectivity index (χ2v) is 15.6. The van der Waals surface area contributed by atoms with E-state index in [1.54, 1.807) is 11.1 Å². The zero-order valence-electron chi connectivity index (χ0n) is 30.2. The van der Waals surface area contributed by atoms with E-state index in [0.29, 0.717) is 5.78 Å². The van der Waals surface area contributed by atoms with E-state index >= 15 is 0 Å². The van der Waals surface area contributed by atoms with E-state index in [9.17, 15) is 4.79 Å². The molecule has 0 aromatic heterocycles. The van der Waals surface area contributed by atoms with E-state index in [1.807, 2.05) is 0 Å². The molecule has 46 heavy (non-hydrogen) atoms. The summed E-state index contributed by atoms with van der Waals surface area (Å²) in [6, 6.07) is 19.3. The maximum absolute atomic E-state index is 12.4. The molecule has 0 N–H and O–H groups in total. The van der Waals surface area contributed by atoms with Crippen LogP contribution in [0.15, 0.2) is 48.5 Å². The molecule has 0 radical (unpaired) electrons. The summed E-state index contributed by atoms with van der Waals surface area (Å²) in [4.78, 5) is 12.4. The number of rotatable bonds is 22. The number of carbonyl (C=O) groups is 1. The zero-order valence-corrected chi connectivity index (χ0v) is 30.2. The van der Waals surface area contributed by atoms with Crippen molar-refractivity contribution in [3.63, 3.8) is 0 Å². The molecule has 1 heteroatoms. The van der Waals surface area contributed by atoms with E-state index in [4.69, 9.17) is 0 Å². The van der Waals surface area contributed by atoms with Gasteiger partial charge in [-0.15, -0.1) is 0 Å². The fourth-order valence-corrected chi connectivity index (χ4v) is 8.79. The first kappa shape index (κ1) is 36.9. The van der Waals surface area contributed by atoms with Gasteiger partial charge in [0.2, 0.25) is 0 Å². The topological polar surface area (TPSA) is 17.1 Å². The summed E-state index contributed by atoms with van der Waals surface area (Å²) in [6.45, 7) is 4.66. The smallest absolute Gasteiger partial charge is 0.132 e. The summed E-state index contributed by atoms with van der Waals surface area (Å²) in [5, 5.41) is 0. The highest BCUT2D eigenvalue weighted by Gasteiger charge is 2.22. The minimum absolute atomic E-state index is 0.498. The number of ketones is 1. The van der Waals surface area contributed by atoms with Crippen LogP contribution in [0.2, 0.25) is 0 Å². The summed E-state index contributed by atoms with van der Waals surface area (Å²) in [5.41, 5.74) is 6.16. The third-order valence-corrected chi connectivity index (χ3v) is 11.8. The van der Waals surface area contributed by atoms with Crippen molar-refractivity contribution in [2.24, 2.45) is 11.8 Å². The van der Waals surface area contributed by atoms with Crippen molar-refractivity contribution in [2.45, 2.75) is 193 Å². The van der Waals surface area contributed by atoms with Gasteiger partial charge in [0.05, 0.1) is 0 Å². The number of hydrogen-bond acceptors (Lipinski definition) is 1. The van der Waals surface area contributed by atoms with Gasteiger partial charge in [-0.25, -0.2) is 0 Å². The van der Waals surface area contributed by atoms with Crippen LogP contribution in [-0.2, 0) is 17.6 Å². The predicted molar refractivity (Wildman–Crippen MR) is 200 cm³/mol. The van der Waals surface area contributed by atoms with Gasteiger partial charge < -0.3 is 0 Å². The molecular weight excluding hydrogens is 556 g/mol. The first-order chi connectivity index (χ1) is 22.6. The van der Waals surface area contributed by atoms with Crippen LogP contribution >= 0.6 is 0 Å². The molecule has 2 aromatic carbocycles. The molecular formula is C45H70O. The Bertz CT molecular complexity index is 964. The molecule has 2 saturated carbocycles. The Labute approximate surface area is 285 Å². The molecule has 2 aliphatic carbocycles. The van der Waals surface area contributed by atoms with Crippen LogP contribution in [0.4, 0.5) is 0 Å². The second kappa shape index (κ2) is 21.9. The summed E-state index contributed by atoms with van der Waals surface area (Å²) in [7, 11) is 0. The van der Waals surface area contributed by atoms with Crippen molar-refractivity contribution in [1.82, 2.24) is 0 Å².